The van der Waals surface area contributed by atoms with Crippen LogP contribution in [0.15, 0.2) is 53.4 Å². The first kappa shape index (κ1) is 29.8. The number of nitrogens with zero attached hydrogens (tertiary/aromatic N) is 1. The largest absolute Gasteiger partial charge is 0.506 e. The number of esters is 1. The number of carbonyl (C=O) groups is 1. The number of carbonyl (C=O) groups excluding carboxylic acids is 1. The minimum absolute atomic E-state index is 0.00563. The second-order valence-corrected chi connectivity index (χ2v) is 12.9. The SMILES string of the molecule is CC(C)CN(C[C@@H](O)[C@@H](CC(=O)OC1CO[C@H]2OCCC12)Cc1ccccc1)S(=O)(=O)c1ccc(Cl)c(O)c1. The van der Waals surface area contributed by atoms with Crippen LogP contribution in [0.5, 0.6) is 5.75 Å². The van der Waals surface area contributed by atoms with Crippen LogP contribution in [0.2, 0.25) is 5.02 Å². The monoisotopic (exact) mass is 581 g/mol. The molecular formula is C28H36ClNO8S. The maximum Gasteiger partial charge on any atom is 0.306 e. The van der Waals surface area contributed by atoms with Crippen molar-refractivity contribution in [3.8, 4) is 5.75 Å². The standard InChI is InChI=1S/C28H36ClNO8S/c1-18(2)15-30(39(34,35)21-8-9-23(29)24(31)14-21)16-25(32)20(12-19-6-4-3-5-7-19)13-27(33)38-26-17-37-28-22(26)10-11-36-28/h3-9,14,18,20,22,25-26,28,31-32H,10-13,15-17H2,1-2H3/t20-,22?,25-,26?,28-/m1/s1. The van der Waals surface area contributed by atoms with Crippen molar-refractivity contribution in [3.05, 3.63) is 59.1 Å². The van der Waals surface area contributed by atoms with Crippen LogP contribution in [0.25, 0.3) is 0 Å². The summed E-state index contributed by atoms with van der Waals surface area (Å²) >= 11 is 5.88. The van der Waals surface area contributed by atoms with Crippen molar-refractivity contribution in [1.29, 1.82) is 0 Å². The number of phenols is 1. The molecule has 2 aromatic rings. The molecule has 2 aliphatic rings. The molecule has 2 unspecified atom stereocenters. The number of rotatable bonds is 12. The lowest BCUT2D eigenvalue weighted by Gasteiger charge is -2.30. The molecule has 0 saturated carbocycles. The minimum atomic E-state index is -4.09. The Morgan fingerprint density at radius 2 is 1.90 bits per heavy atom. The first-order valence-electron chi connectivity index (χ1n) is 13.2. The van der Waals surface area contributed by atoms with Crippen molar-refractivity contribution >= 4 is 27.6 Å². The van der Waals surface area contributed by atoms with Crippen molar-refractivity contribution < 1.29 is 37.6 Å². The molecule has 4 rings (SSSR count). The fourth-order valence-corrected chi connectivity index (χ4v) is 6.84. The lowest BCUT2D eigenvalue weighted by atomic mass is 9.90. The van der Waals surface area contributed by atoms with E-state index < -0.39 is 34.1 Å². The summed E-state index contributed by atoms with van der Waals surface area (Å²) in [6.45, 7) is 4.46. The number of halogens is 1. The van der Waals surface area contributed by atoms with Crippen LogP contribution in [-0.2, 0) is 35.4 Å². The maximum atomic E-state index is 13.5. The molecule has 0 spiro atoms. The molecule has 2 saturated heterocycles. The summed E-state index contributed by atoms with van der Waals surface area (Å²) in [7, 11) is -4.09. The average molecular weight is 582 g/mol. The third kappa shape index (κ3) is 7.50. The van der Waals surface area contributed by atoms with Crippen molar-refractivity contribution in [3.63, 3.8) is 0 Å². The Balaban J connectivity index is 1.52. The van der Waals surface area contributed by atoms with Gasteiger partial charge in [0.1, 0.15) is 11.9 Å². The molecule has 0 amide bonds. The highest BCUT2D eigenvalue weighted by Crippen LogP contribution is 2.34. The first-order chi connectivity index (χ1) is 18.5. The molecule has 0 bridgehead atoms. The molecule has 2 heterocycles. The summed E-state index contributed by atoms with van der Waals surface area (Å²) < 4.78 is 45.1. The molecule has 2 N–H and O–H groups in total. The van der Waals surface area contributed by atoms with Gasteiger partial charge < -0.3 is 24.4 Å². The maximum absolute atomic E-state index is 13.5. The molecular weight excluding hydrogens is 546 g/mol. The van der Waals surface area contributed by atoms with E-state index in [9.17, 15) is 23.4 Å². The van der Waals surface area contributed by atoms with E-state index in [0.717, 1.165) is 18.1 Å². The molecule has 0 radical (unpaired) electrons. The fourth-order valence-electron chi connectivity index (χ4n) is 5.08. The summed E-state index contributed by atoms with van der Waals surface area (Å²) in [6.07, 6.45) is -0.923. The predicted molar refractivity (Wildman–Crippen MR) is 145 cm³/mol. The molecule has 0 aliphatic carbocycles. The zero-order valence-corrected chi connectivity index (χ0v) is 23.7. The molecule has 2 aromatic carbocycles. The van der Waals surface area contributed by atoms with E-state index >= 15 is 0 Å². The Labute approximate surface area is 234 Å². The van der Waals surface area contributed by atoms with Gasteiger partial charge in [-0.3, -0.25) is 4.79 Å². The summed E-state index contributed by atoms with van der Waals surface area (Å²) in [5, 5.41) is 21.4. The molecule has 39 heavy (non-hydrogen) atoms. The van der Waals surface area contributed by atoms with Gasteiger partial charge in [-0.1, -0.05) is 55.8 Å². The molecule has 214 valence electrons. The van der Waals surface area contributed by atoms with E-state index in [1.165, 1.54) is 16.4 Å². The van der Waals surface area contributed by atoms with E-state index in [2.05, 4.69) is 0 Å². The highest BCUT2D eigenvalue weighted by Gasteiger charge is 2.44. The van der Waals surface area contributed by atoms with Crippen LogP contribution in [0.4, 0.5) is 0 Å². The summed E-state index contributed by atoms with van der Waals surface area (Å²) in [6, 6.07) is 13.1. The number of fused-ring (bicyclic) bond motifs is 1. The molecule has 0 aromatic heterocycles. The molecule has 11 heteroatoms. The van der Waals surface area contributed by atoms with Crippen LogP contribution in [0.3, 0.4) is 0 Å². The summed E-state index contributed by atoms with van der Waals surface area (Å²) in [5.74, 6) is -1.49. The minimum Gasteiger partial charge on any atom is -0.506 e. The fraction of sp³-hybridized carbons (Fsp3) is 0.536. The predicted octanol–water partition coefficient (Wildman–Crippen LogP) is 3.61. The number of aliphatic hydroxyl groups is 1. The van der Waals surface area contributed by atoms with Crippen LogP contribution < -0.4 is 0 Å². The lowest BCUT2D eigenvalue weighted by Crippen LogP contribution is -2.43. The number of aliphatic hydroxyl groups excluding tert-OH is 1. The highest BCUT2D eigenvalue weighted by atomic mass is 35.5. The van der Waals surface area contributed by atoms with Crippen LogP contribution in [0, 0.1) is 17.8 Å². The van der Waals surface area contributed by atoms with Crippen LogP contribution in [-0.4, -0.2) is 73.7 Å². The van der Waals surface area contributed by atoms with E-state index in [0.29, 0.717) is 13.0 Å². The quantitative estimate of drug-likeness (QED) is 0.365. The van der Waals surface area contributed by atoms with Gasteiger partial charge in [-0.25, -0.2) is 8.42 Å². The third-order valence-corrected chi connectivity index (χ3v) is 9.24. The zero-order valence-electron chi connectivity index (χ0n) is 22.1. The zero-order chi connectivity index (χ0) is 28.2. The normalized spacial score (nSPS) is 22.7. The van der Waals surface area contributed by atoms with Gasteiger partial charge in [0.05, 0.1) is 41.6 Å². The van der Waals surface area contributed by atoms with Gasteiger partial charge in [0, 0.05) is 25.1 Å². The summed E-state index contributed by atoms with van der Waals surface area (Å²) in [4.78, 5) is 12.9. The second-order valence-electron chi connectivity index (χ2n) is 10.6. The topological polar surface area (TPSA) is 123 Å². The second kappa shape index (κ2) is 13.0. The number of sulfonamides is 1. The van der Waals surface area contributed by atoms with Gasteiger partial charge in [-0.2, -0.15) is 4.31 Å². The van der Waals surface area contributed by atoms with E-state index in [1.807, 2.05) is 44.2 Å². The molecule has 2 aliphatic heterocycles. The number of benzene rings is 2. The molecule has 5 atom stereocenters. The van der Waals surface area contributed by atoms with Crippen LogP contribution >= 0.6 is 11.6 Å². The van der Waals surface area contributed by atoms with Gasteiger partial charge in [0.25, 0.3) is 0 Å². The third-order valence-electron chi connectivity index (χ3n) is 7.10. The van der Waals surface area contributed by atoms with E-state index in [-0.39, 0.29) is 59.9 Å². The van der Waals surface area contributed by atoms with Gasteiger partial charge in [-0.05, 0) is 36.5 Å². The Hall–Kier alpha value is -2.21. The van der Waals surface area contributed by atoms with Crippen molar-refractivity contribution in [2.45, 2.75) is 56.5 Å². The average Bonchev–Trinajstić information content (AvgIpc) is 3.50. The van der Waals surface area contributed by atoms with Gasteiger partial charge in [0.15, 0.2) is 6.29 Å². The summed E-state index contributed by atoms with van der Waals surface area (Å²) in [5.41, 5.74) is 0.906. The number of hydrogen-bond donors (Lipinski definition) is 2. The Morgan fingerprint density at radius 1 is 1.15 bits per heavy atom. The van der Waals surface area contributed by atoms with Crippen molar-refractivity contribution in [2.75, 3.05) is 26.3 Å². The number of ether oxygens (including phenoxy) is 3. The molecule has 2 fully saturated rings. The Morgan fingerprint density at radius 3 is 2.59 bits per heavy atom. The first-order valence-corrected chi connectivity index (χ1v) is 15.0. The number of hydrogen-bond acceptors (Lipinski definition) is 8. The van der Waals surface area contributed by atoms with Gasteiger partial charge in [-0.15, -0.1) is 0 Å². The van der Waals surface area contributed by atoms with Gasteiger partial charge in [0.2, 0.25) is 10.0 Å². The van der Waals surface area contributed by atoms with Crippen molar-refractivity contribution in [2.24, 2.45) is 17.8 Å². The lowest BCUT2D eigenvalue weighted by molar-refractivity contribution is -0.153. The highest BCUT2D eigenvalue weighted by molar-refractivity contribution is 7.89. The van der Waals surface area contributed by atoms with Crippen molar-refractivity contribution in [1.82, 2.24) is 4.31 Å². The Kier molecular flexibility index (Phi) is 9.90. The Bertz CT molecular complexity index is 1230. The molecule has 9 nitrogen and oxygen atoms in total. The van der Waals surface area contributed by atoms with Crippen LogP contribution in [0.1, 0.15) is 32.3 Å². The van der Waals surface area contributed by atoms with E-state index in [4.69, 9.17) is 25.8 Å². The number of phenolic OH excluding ortho intramolecular Hbond substituents is 1. The number of aromatic hydroxyl groups is 1. The van der Waals surface area contributed by atoms with E-state index in [1.54, 1.807) is 0 Å². The smallest absolute Gasteiger partial charge is 0.306 e. The van der Waals surface area contributed by atoms with Gasteiger partial charge >= 0.3 is 5.97 Å².